The number of anilines is 1. The Labute approximate surface area is 328 Å². The van der Waals surface area contributed by atoms with E-state index < -0.39 is 11.9 Å². The summed E-state index contributed by atoms with van der Waals surface area (Å²) in [4.78, 5) is 73.4. The molecule has 18 heteroatoms. The number of hydrogen-bond acceptors (Lipinski definition) is 11. The molecule has 1 saturated heterocycles. The number of aryl methyl sites for hydroxylation is 1. The Kier molecular flexibility index (Phi) is 12.3. The molecule has 1 unspecified atom stereocenters. The SMILES string of the molecule is Cn1ncc(-c2nc(NC3CCC(NC(=O)NCCCCNCC(=O)NCc4scc5c4CN(C4CCC(=O)NC4=O)C5=O)CC3)ncc2Cl)c1CC1CC1. The summed E-state index contributed by atoms with van der Waals surface area (Å²) in [5.74, 6) is 0.109. The quantitative estimate of drug-likeness (QED) is 0.0925. The number of rotatable bonds is 16. The maximum Gasteiger partial charge on any atom is 0.315 e. The molecule has 0 bridgehead atoms. The highest BCUT2D eigenvalue weighted by molar-refractivity contribution is 7.10. The lowest BCUT2D eigenvalue weighted by Crippen LogP contribution is -2.52. The van der Waals surface area contributed by atoms with Crippen LogP contribution in [0.3, 0.4) is 0 Å². The molecule has 2 aliphatic heterocycles. The monoisotopic (exact) mass is 793 g/mol. The van der Waals surface area contributed by atoms with Crippen LogP contribution in [-0.2, 0) is 40.9 Å². The molecule has 1 atom stereocenters. The summed E-state index contributed by atoms with van der Waals surface area (Å²) in [6.45, 7) is 1.89. The smallest absolute Gasteiger partial charge is 0.315 e. The first-order valence-electron chi connectivity index (χ1n) is 19.2. The summed E-state index contributed by atoms with van der Waals surface area (Å²) in [5.41, 5.74) is 4.19. The van der Waals surface area contributed by atoms with Gasteiger partial charge in [-0.1, -0.05) is 11.6 Å². The number of carbonyl (C=O) groups excluding carboxylic acids is 5. The molecule has 2 aliphatic carbocycles. The van der Waals surface area contributed by atoms with E-state index in [9.17, 15) is 24.0 Å². The zero-order valence-electron chi connectivity index (χ0n) is 30.9. The third kappa shape index (κ3) is 9.62. The van der Waals surface area contributed by atoms with Gasteiger partial charge in [-0.25, -0.2) is 14.8 Å². The average Bonchev–Trinajstić information content (AvgIpc) is 3.67. The Balaban J connectivity index is 0.738. The minimum Gasteiger partial charge on any atom is -0.351 e. The van der Waals surface area contributed by atoms with Crippen LogP contribution in [0.25, 0.3) is 11.3 Å². The molecule has 0 radical (unpaired) electrons. The molecule has 55 heavy (non-hydrogen) atoms. The first-order valence-corrected chi connectivity index (χ1v) is 20.4. The number of piperidine rings is 1. The van der Waals surface area contributed by atoms with Crippen molar-refractivity contribution < 1.29 is 24.0 Å². The topological polar surface area (TPSA) is 204 Å². The molecule has 7 rings (SSSR count). The molecule has 4 aliphatic rings. The van der Waals surface area contributed by atoms with Crippen LogP contribution in [-0.4, -0.2) is 92.1 Å². The lowest BCUT2D eigenvalue weighted by molar-refractivity contribution is -0.137. The van der Waals surface area contributed by atoms with Crippen LogP contribution < -0.4 is 31.9 Å². The maximum absolute atomic E-state index is 12.9. The second kappa shape index (κ2) is 17.5. The highest BCUT2D eigenvalue weighted by Gasteiger charge is 2.40. The molecule has 6 amide bonds. The van der Waals surface area contributed by atoms with Crippen LogP contribution in [0.1, 0.15) is 90.7 Å². The highest BCUT2D eigenvalue weighted by Crippen LogP contribution is 2.37. The fourth-order valence-electron chi connectivity index (χ4n) is 7.50. The number of nitrogens with zero attached hydrogens (tertiary/aromatic N) is 5. The van der Waals surface area contributed by atoms with Crippen LogP contribution in [0.4, 0.5) is 10.7 Å². The number of carbonyl (C=O) groups is 5. The van der Waals surface area contributed by atoms with Crippen molar-refractivity contribution in [3.05, 3.63) is 44.5 Å². The zero-order valence-corrected chi connectivity index (χ0v) is 32.5. The van der Waals surface area contributed by atoms with Crippen molar-refractivity contribution in [3.63, 3.8) is 0 Å². The summed E-state index contributed by atoms with van der Waals surface area (Å²) < 4.78 is 1.92. The van der Waals surface area contributed by atoms with Crippen molar-refractivity contribution >= 4 is 58.5 Å². The van der Waals surface area contributed by atoms with E-state index in [0.29, 0.717) is 54.2 Å². The second-order valence-electron chi connectivity index (χ2n) is 14.9. The van der Waals surface area contributed by atoms with Gasteiger partial charge in [0.15, 0.2) is 0 Å². The van der Waals surface area contributed by atoms with E-state index in [4.69, 9.17) is 16.6 Å². The number of hydrogen-bond donors (Lipinski definition) is 6. The van der Waals surface area contributed by atoms with E-state index in [1.165, 1.54) is 29.1 Å². The molecular weight excluding hydrogens is 746 g/mol. The van der Waals surface area contributed by atoms with Crippen LogP contribution in [0.5, 0.6) is 0 Å². The molecule has 3 fully saturated rings. The van der Waals surface area contributed by atoms with E-state index in [2.05, 4.69) is 42.0 Å². The fourth-order valence-corrected chi connectivity index (χ4v) is 8.67. The largest absolute Gasteiger partial charge is 0.351 e. The van der Waals surface area contributed by atoms with Crippen molar-refractivity contribution in [1.82, 2.24) is 51.2 Å². The molecule has 2 saturated carbocycles. The fraction of sp³-hybridized carbons (Fsp3) is 0.568. The summed E-state index contributed by atoms with van der Waals surface area (Å²) in [6, 6.07) is -0.539. The molecule has 294 valence electrons. The van der Waals surface area contributed by atoms with E-state index >= 15 is 0 Å². The Morgan fingerprint density at radius 1 is 0.982 bits per heavy atom. The van der Waals surface area contributed by atoms with Crippen molar-refractivity contribution in [1.29, 1.82) is 0 Å². The minimum atomic E-state index is -0.663. The minimum absolute atomic E-state index is 0.0975. The van der Waals surface area contributed by atoms with Gasteiger partial charge in [-0.15, -0.1) is 11.3 Å². The molecule has 3 aromatic heterocycles. The third-order valence-corrected chi connectivity index (χ3v) is 12.1. The number of amides is 6. The Morgan fingerprint density at radius 2 is 1.76 bits per heavy atom. The lowest BCUT2D eigenvalue weighted by atomic mass is 9.91. The van der Waals surface area contributed by atoms with E-state index in [0.717, 1.165) is 66.6 Å². The Hall–Kier alpha value is -4.61. The van der Waals surface area contributed by atoms with Gasteiger partial charge >= 0.3 is 6.03 Å². The number of imide groups is 1. The van der Waals surface area contributed by atoms with E-state index in [1.54, 1.807) is 11.6 Å². The van der Waals surface area contributed by atoms with Crippen molar-refractivity contribution in [2.45, 2.75) is 102 Å². The number of urea groups is 1. The van der Waals surface area contributed by atoms with Gasteiger partial charge in [0.05, 0.1) is 41.8 Å². The van der Waals surface area contributed by atoms with Gasteiger partial charge in [0.25, 0.3) is 5.91 Å². The summed E-state index contributed by atoms with van der Waals surface area (Å²) in [5, 5.41) is 24.6. The van der Waals surface area contributed by atoms with Crippen LogP contribution in [0, 0.1) is 5.92 Å². The van der Waals surface area contributed by atoms with Crippen LogP contribution in [0.2, 0.25) is 5.02 Å². The predicted octanol–water partition coefficient (Wildman–Crippen LogP) is 3.01. The van der Waals surface area contributed by atoms with Crippen LogP contribution in [0.15, 0.2) is 17.8 Å². The molecule has 3 aromatic rings. The number of aromatic nitrogens is 4. The van der Waals surface area contributed by atoms with Crippen molar-refractivity contribution in [2.24, 2.45) is 13.0 Å². The maximum atomic E-state index is 12.9. The van der Waals surface area contributed by atoms with E-state index in [-0.39, 0.29) is 55.3 Å². The lowest BCUT2D eigenvalue weighted by Gasteiger charge is -2.29. The molecular formula is C37H48ClN11O5S. The zero-order chi connectivity index (χ0) is 38.5. The predicted molar refractivity (Wildman–Crippen MR) is 206 cm³/mol. The Bertz CT molecular complexity index is 1920. The van der Waals surface area contributed by atoms with Crippen LogP contribution >= 0.6 is 22.9 Å². The molecule has 5 heterocycles. The first kappa shape index (κ1) is 38.7. The van der Waals surface area contributed by atoms with Crippen molar-refractivity contribution in [3.8, 4) is 11.3 Å². The molecule has 16 nitrogen and oxygen atoms in total. The summed E-state index contributed by atoms with van der Waals surface area (Å²) in [7, 11) is 1.96. The number of unbranched alkanes of at least 4 members (excludes halogenated alkanes) is 1. The summed E-state index contributed by atoms with van der Waals surface area (Å²) in [6.07, 6.45) is 12.5. The van der Waals surface area contributed by atoms with Crippen molar-refractivity contribution in [2.75, 3.05) is 25.0 Å². The number of thiophene rings is 1. The first-order chi connectivity index (χ1) is 26.6. The van der Waals surface area contributed by atoms with Gasteiger partial charge in [-0.2, -0.15) is 5.10 Å². The van der Waals surface area contributed by atoms with Gasteiger partial charge in [0.2, 0.25) is 23.7 Å². The van der Waals surface area contributed by atoms with Gasteiger partial charge in [0.1, 0.15) is 6.04 Å². The Morgan fingerprint density at radius 3 is 2.55 bits per heavy atom. The van der Waals surface area contributed by atoms with E-state index in [1.807, 2.05) is 17.9 Å². The standard InChI is InChI=1S/C37H48ClN11O5S/c1-48-29(14-21-4-5-21)24(15-43-48)33-27(38)16-42-36(47-33)44-22-6-8-23(9-7-22)45-37(54)40-13-3-2-12-39-18-32(51)41-17-30-25-19-49(35(53)26(25)20-55-30)28-10-11-31(50)46-34(28)52/h15-16,20-23,28,39H,2-14,17-19H2,1H3,(H,41,51)(H2,40,45,54)(H,42,44,47)(H,46,50,52). The highest BCUT2D eigenvalue weighted by atomic mass is 35.5. The summed E-state index contributed by atoms with van der Waals surface area (Å²) >= 11 is 7.96. The molecule has 0 aromatic carbocycles. The van der Waals surface area contributed by atoms with Gasteiger partial charge in [-0.3, -0.25) is 29.2 Å². The normalized spacial score (nSPS) is 20.9. The molecule has 0 spiro atoms. The average molecular weight is 794 g/mol. The number of halogens is 1. The second-order valence-corrected chi connectivity index (χ2v) is 16.2. The van der Waals surface area contributed by atoms with Gasteiger partial charge < -0.3 is 31.5 Å². The molecule has 6 N–H and O–H groups in total. The van der Waals surface area contributed by atoms with Gasteiger partial charge in [0, 0.05) is 60.2 Å². The third-order valence-electron chi connectivity index (χ3n) is 10.8. The van der Waals surface area contributed by atoms with Gasteiger partial charge in [-0.05, 0) is 82.2 Å². The number of nitrogens with one attached hydrogen (secondary N) is 6. The number of fused-ring (bicyclic) bond motifs is 1.